The molecule has 2 nitrogen and oxygen atoms in total. The molecule has 0 spiro atoms. The molecule has 0 N–H and O–H groups in total. The minimum Gasteiger partial charge on any atom is -0.298 e. The number of carbonyl (C=O) groups is 2. The summed E-state index contributed by atoms with van der Waals surface area (Å²) in [5, 5.41) is -0.0724. The maximum Gasteiger partial charge on any atom is 0.224 e. The third-order valence-corrected chi connectivity index (χ3v) is 3.87. The van der Waals surface area contributed by atoms with Crippen LogP contribution in [0.4, 0.5) is 0 Å². The Hall–Kier alpha value is -1.39. The quantitative estimate of drug-likeness (QED) is 0.628. The van der Waals surface area contributed by atoms with E-state index < -0.39 is 0 Å². The van der Waals surface area contributed by atoms with E-state index >= 15 is 0 Å². The fraction of sp³-hybridized carbons (Fsp3) is 0. The zero-order chi connectivity index (χ0) is 13.0. The summed E-state index contributed by atoms with van der Waals surface area (Å²) in [6, 6.07) is 14.2. The van der Waals surface area contributed by atoms with E-state index in [-0.39, 0.29) is 5.12 Å². The molecule has 0 atom stereocenters. The third kappa shape index (κ3) is 3.09. The van der Waals surface area contributed by atoms with Crippen LogP contribution in [0.3, 0.4) is 0 Å². The second-order valence-corrected chi connectivity index (χ2v) is 5.48. The van der Waals surface area contributed by atoms with Crippen molar-refractivity contribution in [1.82, 2.24) is 0 Å². The van der Waals surface area contributed by atoms with Crippen molar-refractivity contribution in [3.05, 3.63) is 64.1 Å². The Kier molecular flexibility index (Phi) is 4.33. The number of aldehydes is 1. The maximum atomic E-state index is 12.0. The van der Waals surface area contributed by atoms with Gasteiger partial charge >= 0.3 is 0 Å². The van der Waals surface area contributed by atoms with E-state index in [0.29, 0.717) is 16.0 Å². The molecule has 90 valence electrons. The zero-order valence-electron chi connectivity index (χ0n) is 9.30. The molecule has 0 radical (unpaired) electrons. The Balaban J connectivity index is 2.21. The highest BCUT2D eigenvalue weighted by atomic mass is 79.9. The molecule has 0 saturated carbocycles. The Labute approximate surface area is 118 Å². The lowest BCUT2D eigenvalue weighted by molar-refractivity contribution is 0.108. The molecule has 0 heterocycles. The predicted octanol–water partition coefficient (Wildman–Crippen LogP) is 4.19. The fourth-order valence-corrected chi connectivity index (χ4v) is 2.51. The van der Waals surface area contributed by atoms with Gasteiger partial charge in [0.25, 0.3) is 0 Å². The molecule has 0 bridgehead atoms. The number of halogens is 1. The summed E-state index contributed by atoms with van der Waals surface area (Å²) in [7, 11) is 0. The zero-order valence-corrected chi connectivity index (χ0v) is 11.7. The molecule has 0 aliphatic heterocycles. The first-order chi connectivity index (χ1) is 8.70. The van der Waals surface area contributed by atoms with Crippen molar-refractivity contribution in [2.24, 2.45) is 0 Å². The highest BCUT2D eigenvalue weighted by molar-refractivity contribution is 9.10. The molecule has 2 aromatic rings. The molecule has 0 saturated heterocycles. The van der Waals surface area contributed by atoms with Gasteiger partial charge in [-0.1, -0.05) is 34.1 Å². The van der Waals surface area contributed by atoms with Crippen molar-refractivity contribution in [1.29, 1.82) is 0 Å². The number of hydrogen-bond donors (Lipinski definition) is 0. The van der Waals surface area contributed by atoms with E-state index in [4.69, 9.17) is 0 Å². The van der Waals surface area contributed by atoms with Gasteiger partial charge in [-0.25, -0.2) is 0 Å². The normalized spacial score (nSPS) is 10.1. The highest BCUT2D eigenvalue weighted by Crippen LogP contribution is 2.26. The van der Waals surface area contributed by atoms with Crippen molar-refractivity contribution in [3.8, 4) is 0 Å². The second kappa shape index (κ2) is 5.98. The number of benzene rings is 2. The van der Waals surface area contributed by atoms with E-state index in [9.17, 15) is 9.59 Å². The summed E-state index contributed by atoms with van der Waals surface area (Å²) < 4.78 is 0.928. The maximum absolute atomic E-state index is 12.0. The number of carbonyl (C=O) groups excluding carboxylic acids is 2. The first-order valence-corrected chi connectivity index (χ1v) is 6.83. The van der Waals surface area contributed by atoms with Crippen molar-refractivity contribution in [3.63, 3.8) is 0 Å². The summed E-state index contributed by atoms with van der Waals surface area (Å²) in [5.74, 6) is 0. The van der Waals surface area contributed by atoms with Gasteiger partial charge in [0.2, 0.25) is 5.12 Å². The van der Waals surface area contributed by atoms with E-state index in [1.54, 1.807) is 30.3 Å². The van der Waals surface area contributed by atoms with Gasteiger partial charge in [-0.15, -0.1) is 0 Å². The Morgan fingerprint density at radius 2 is 1.72 bits per heavy atom. The lowest BCUT2D eigenvalue weighted by atomic mass is 10.2. The van der Waals surface area contributed by atoms with Gasteiger partial charge in [-0.2, -0.15) is 0 Å². The molecule has 0 aromatic heterocycles. The van der Waals surface area contributed by atoms with Crippen molar-refractivity contribution < 1.29 is 9.59 Å². The van der Waals surface area contributed by atoms with Gasteiger partial charge in [0.15, 0.2) is 6.29 Å². The predicted molar refractivity (Wildman–Crippen MR) is 76.2 cm³/mol. The van der Waals surface area contributed by atoms with E-state index in [0.717, 1.165) is 22.5 Å². The van der Waals surface area contributed by atoms with Gasteiger partial charge in [0, 0.05) is 20.5 Å². The van der Waals surface area contributed by atoms with E-state index in [1.165, 1.54) is 0 Å². The van der Waals surface area contributed by atoms with Gasteiger partial charge in [-0.05, 0) is 42.1 Å². The largest absolute Gasteiger partial charge is 0.298 e. The van der Waals surface area contributed by atoms with Crippen LogP contribution >= 0.6 is 27.7 Å². The minimum absolute atomic E-state index is 0.0724. The topological polar surface area (TPSA) is 34.1 Å². The second-order valence-electron chi connectivity index (χ2n) is 3.55. The molecule has 0 fully saturated rings. The molecular weight excluding hydrogens is 312 g/mol. The van der Waals surface area contributed by atoms with E-state index in [1.807, 2.05) is 18.2 Å². The molecule has 4 heteroatoms. The first kappa shape index (κ1) is 13.1. The van der Waals surface area contributed by atoms with Crippen LogP contribution in [-0.4, -0.2) is 11.4 Å². The van der Waals surface area contributed by atoms with Crippen molar-refractivity contribution in [2.75, 3.05) is 0 Å². The average Bonchev–Trinajstić information content (AvgIpc) is 2.40. The molecule has 0 unspecified atom stereocenters. The molecule has 0 aliphatic carbocycles. The fourth-order valence-electron chi connectivity index (χ4n) is 1.42. The van der Waals surface area contributed by atoms with Crippen LogP contribution in [0.15, 0.2) is 57.9 Å². The molecule has 2 aromatic carbocycles. The highest BCUT2D eigenvalue weighted by Gasteiger charge is 2.10. The number of thioether (sulfide) groups is 1. The van der Waals surface area contributed by atoms with Crippen molar-refractivity contribution >= 4 is 39.1 Å². The third-order valence-electron chi connectivity index (χ3n) is 2.33. The van der Waals surface area contributed by atoms with Gasteiger partial charge < -0.3 is 0 Å². The van der Waals surface area contributed by atoms with Gasteiger partial charge in [-0.3, -0.25) is 9.59 Å². The monoisotopic (exact) mass is 320 g/mol. The Morgan fingerprint density at radius 3 is 2.39 bits per heavy atom. The smallest absolute Gasteiger partial charge is 0.224 e. The summed E-state index contributed by atoms with van der Waals surface area (Å²) in [6.07, 6.45) is 0.761. The SMILES string of the molecule is O=Cc1ccccc1SC(=O)c1ccc(Br)cc1. The molecular formula is C14H9BrO2S. The van der Waals surface area contributed by atoms with Crippen LogP contribution in [0.1, 0.15) is 20.7 Å². The van der Waals surface area contributed by atoms with Gasteiger partial charge in [0.1, 0.15) is 0 Å². The van der Waals surface area contributed by atoms with Gasteiger partial charge in [0.05, 0.1) is 0 Å². The summed E-state index contributed by atoms with van der Waals surface area (Å²) in [5.41, 5.74) is 1.15. The summed E-state index contributed by atoms with van der Waals surface area (Å²) in [6.45, 7) is 0. The van der Waals surface area contributed by atoms with Crippen LogP contribution in [0.25, 0.3) is 0 Å². The lowest BCUT2D eigenvalue weighted by Crippen LogP contribution is -1.94. The van der Waals surface area contributed by atoms with Crippen LogP contribution in [-0.2, 0) is 0 Å². The van der Waals surface area contributed by atoms with Crippen LogP contribution < -0.4 is 0 Å². The lowest BCUT2D eigenvalue weighted by Gasteiger charge is -2.03. The number of hydrogen-bond acceptors (Lipinski definition) is 3. The minimum atomic E-state index is -0.0724. The van der Waals surface area contributed by atoms with Crippen LogP contribution in [0.5, 0.6) is 0 Å². The van der Waals surface area contributed by atoms with Crippen LogP contribution in [0.2, 0.25) is 0 Å². The first-order valence-electron chi connectivity index (χ1n) is 5.22. The molecule has 0 aliphatic rings. The standard InChI is InChI=1S/C14H9BrO2S/c15-12-7-5-10(6-8-12)14(17)18-13-4-2-1-3-11(13)9-16/h1-9H. The number of rotatable bonds is 3. The Morgan fingerprint density at radius 1 is 1.06 bits per heavy atom. The van der Waals surface area contributed by atoms with E-state index in [2.05, 4.69) is 15.9 Å². The average molecular weight is 321 g/mol. The summed E-state index contributed by atoms with van der Waals surface area (Å²) in [4.78, 5) is 23.6. The van der Waals surface area contributed by atoms with Crippen LogP contribution in [0, 0.1) is 0 Å². The van der Waals surface area contributed by atoms with Crippen molar-refractivity contribution in [2.45, 2.75) is 4.90 Å². The molecule has 18 heavy (non-hydrogen) atoms. The Bertz CT molecular complexity index is 579. The summed E-state index contributed by atoms with van der Waals surface area (Å²) >= 11 is 4.39. The molecule has 2 rings (SSSR count). The molecule has 0 amide bonds.